The normalized spacial score (nSPS) is 17.7. The molecule has 0 atom stereocenters. The van der Waals surface area contributed by atoms with Crippen molar-refractivity contribution in [1.29, 1.82) is 5.41 Å². The van der Waals surface area contributed by atoms with Crippen LogP contribution in [0.1, 0.15) is 46.5 Å². The SMILES string of the molecule is CCN(CC(C)C)C(=N)C1CCCC1. The Morgan fingerprint density at radius 2 is 1.93 bits per heavy atom. The topological polar surface area (TPSA) is 27.1 Å². The van der Waals surface area contributed by atoms with Crippen molar-refractivity contribution >= 4 is 5.84 Å². The minimum absolute atomic E-state index is 0.564. The molecule has 1 N–H and O–H groups in total. The summed E-state index contributed by atoms with van der Waals surface area (Å²) in [6.45, 7) is 8.65. The zero-order valence-corrected chi connectivity index (χ0v) is 9.84. The van der Waals surface area contributed by atoms with Crippen LogP contribution in [0.25, 0.3) is 0 Å². The Kier molecular flexibility index (Phi) is 4.43. The summed E-state index contributed by atoms with van der Waals surface area (Å²) in [5.41, 5.74) is 0. The molecule has 0 amide bonds. The quantitative estimate of drug-likeness (QED) is 0.543. The molecule has 1 rings (SSSR count). The molecule has 0 aromatic heterocycles. The Hall–Kier alpha value is -0.530. The lowest BCUT2D eigenvalue weighted by Crippen LogP contribution is -2.37. The van der Waals surface area contributed by atoms with E-state index in [9.17, 15) is 0 Å². The fourth-order valence-corrected chi connectivity index (χ4v) is 2.30. The van der Waals surface area contributed by atoms with E-state index in [1.54, 1.807) is 0 Å². The first kappa shape index (κ1) is 11.5. The van der Waals surface area contributed by atoms with Crippen molar-refractivity contribution in [2.24, 2.45) is 11.8 Å². The monoisotopic (exact) mass is 196 g/mol. The number of nitrogens with one attached hydrogen (secondary N) is 1. The minimum atomic E-state index is 0.564. The van der Waals surface area contributed by atoms with E-state index in [4.69, 9.17) is 5.41 Å². The fraction of sp³-hybridized carbons (Fsp3) is 0.917. The molecule has 0 aromatic carbocycles. The molecule has 0 bridgehead atoms. The molecule has 82 valence electrons. The van der Waals surface area contributed by atoms with Gasteiger partial charge in [0.25, 0.3) is 0 Å². The molecule has 2 nitrogen and oxygen atoms in total. The third kappa shape index (κ3) is 3.00. The van der Waals surface area contributed by atoms with Crippen molar-refractivity contribution in [2.75, 3.05) is 13.1 Å². The third-order valence-corrected chi connectivity index (χ3v) is 3.05. The molecule has 0 aromatic rings. The first-order chi connectivity index (χ1) is 6.65. The largest absolute Gasteiger partial charge is 0.360 e. The summed E-state index contributed by atoms with van der Waals surface area (Å²) in [4.78, 5) is 2.25. The first-order valence-corrected chi connectivity index (χ1v) is 5.98. The first-order valence-electron chi connectivity index (χ1n) is 5.98. The highest BCUT2D eigenvalue weighted by Crippen LogP contribution is 2.26. The Morgan fingerprint density at radius 1 is 1.36 bits per heavy atom. The Labute approximate surface area is 88.2 Å². The molecule has 1 fully saturated rings. The summed E-state index contributed by atoms with van der Waals surface area (Å²) in [6.07, 6.45) is 5.14. The Balaban J connectivity index is 2.46. The van der Waals surface area contributed by atoms with Crippen molar-refractivity contribution in [2.45, 2.75) is 46.5 Å². The molecule has 1 aliphatic carbocycles. The molecular formula is C12H24N2. The second kappa shape index (κ2) is 5.38. The molecule has 14 heavy (non-hydrogen) atoms. The van der Waals surface area contributed by atoms with E-state index in [0.29, 0.717) is 11.8 Å². The highest BCUT2D eigenvalue weighted by molar-refractivity contribution is 5.81. The predicted molar refractivity (Wildman–Crippen MR) is 61.8 cm³/mol. The van der Waals surface area contributed by atoms with Gasteiger partial charge in [0.1, 0.15) is 0 Å². The van der Waals surface area contributed by atoms with Gasteiger partial charge in [-0.15, -0.1) is 0 Å². The second-order valence-corrected chi connectivity index (χ2v) is 4.80. The van der Waals surface area contributed by atoms with Crippen LogP contribution in [0.4, 0.5) is 0 Å². The average molecular weight is 196 g/mol. The molecule has 0 radical (unpaired) electrons. The maximum Gasteiger partial charge on any atom is 0.0989 e. The van der Waals surface area contributed by atoms with Gasteiger partial charge in [-0.25, -0.2) is 0 Å². The second-order valence-electron chi connectivity index (χ2n) is 4.80. The van der Waals surface area contributed by atoms with Crippen molar-refractivity contribution in [3.8, 4) is 0 Å². The molecular weight excluding hydrogens is 172 g/mol. The maximum atomic E-state index is 8.16. The molecule has 1 saturated carbocycles. The summed E-state index contributed by atoms with van der Waals surface area (Å²) in [7, 11) is 0. The van der Waals surface area contributed by atoms with E-state index in [-0.39, 0.29) is 0 Å². The highest BCUT2D eigenvalue weighted by Gasteiger charge is 2.23. The Morgan fingerprint density at radius 3 is 2.36 bits per heavy atom. The summed E-state index contributed by atoms with van der Waals surface area (Å²) in [6, 6.07) is 0. The van der Waals surface area contributed by atoms with Gasteiger partial charge in [0.15, 0.2) is 0 Å². The number of nitrogens with zero attached hydrogens (tertiary/aromatic N) is 1. The number of hydrogen-bond donors (Lipinski definition) is 1. The van der Waals surface area contributed by atoms with E-state index >= 15 is 0 Å². The lowest BCUT2D eigenvalue weighted by Gasteiger charge is -2.28. The van der Waals surface area contributed by atoms with Crippen LogP contribution in [0.3, 0.4) is 0 Å². The Bertz CT molecular complexity index is 181. The van der Waals surface area contributed by atoms with Gasteiger partial charge in [-0.05, 0) is 25.7 Å². The minimum Gasteiger partial charge on any atom is -0.360 e. The van der Waals surface area contributed by atoms with Gasteiger partial charge in [-0.2, -0.15) is 0 Å². The van der Waals surface area contributed by atoms with Crippen molar-refractivity contribution in [3.05, 3.63) is 0 Å². The van der Waals surface area contributed by atoms with E-state index in [0.717, 1.165) is 18.9 Å². The van der Waals surface area contributed by atoms with Crippen LogP contribution in [0, 0.1) is 17.2 Å². The van der Waals surface area contributed by atoms with Crippen LogP contribution in [-0.2, 0) is 0 Å². The third-order valence-electron chi connectivity index (χ3n) is 3.05. The highest BCUT2D eigenvalue weighted by atomic mass is 15.2. The predicted octanol–water partition coefficient (Wildman–Crippen LogP) is 3.13. The number of hydrogen-bond acceptors (Lipinski definition) is 1. The van der Waals surface area contributed by atoms with Gasteiger partial charge >= 0.3 is 0 Å². The van der Waals surface area contributed by atoms with Gasteiger partial charge in [-0.1, -0.05) is 26.7 Å². The number of rotatable bonds is 4. The van der Waals surface area contributed by atoms with Gasteiger partial charge in [-0.3, -0.25) is 5.41 Å². The van der Waals surface area contributed by atoms with E-state index in [1.165, 1.54) is 25.7 Å². The molecule has 0 spiro atoms. The van der Waals surface area contributed by atoms with Crippen LogP contribution < -0.4 is 0 Å². The van der Waals surface area contributed by atoms with Crippen molar-refractivity contribution < 1.29 is 0 Å². The van der Waals surface area contributed by atoms with E-state index in [1.807, 2.05) is 0 Å². The van der Waals surface area contributed by atoms with Gasteiger partial charge in [0, 0.05) is 19.0 Å². The summed E-state index contributed by atoms with van der Waals surface area (Å²) < 4.78 is 0. The molecule has 0 aliphatic heterocycles. The number of amidine groups is 1. The standard InChI is InChI=1S/C12H24N2/c1-4-14(9-10(2)3)12(13)11-7-5-6-8-11/h10-11,13H,4-9H2,1-3H3. The molecule has 0 heterocycles. The maximum absolute atomic E-state index is 8.16. The summed E-state index contributed by atoms with van der Waals surface area (Å²) in [5, 5.41) is 8.16. The van der Waals surface area contributed by atoms with Crippen LogP contribution in [-0.4, -0.2) is 23.8 Å². The van der Waals surface area contributed by atoms with Gasteiger partial charge < -0.3 is 4.90 Å². The smallest absolute Gasteiger partial charge is 0.0989 e. The zero-order chi connectivity index (χ0) is 10.6. The molecule has 2 heteroatoms. The van der Waals surface area contributed by atoms with Crippen molar-refractivity contribution in [1.82, 2.24) is 4.90 Å². The summed E-state index contributed by atoms with van der Waals surface area (Å²) >= 11 is 0. The zero-order valence-electron chi connectivity index (χ0n) is 9.84. The lowest BCUT2D eigenvalue weighted by atomic mass is 10.1. The van der Waals surface area contributed by atoms with Gasteiger partial charge in [0.05, 0.1) is 5.84 Å². The molecule has 0 saturated heterocycles. The lowest BCUT2D eigenvalue weighted by molar-refractivity contribution is 0.359. The van der Waals surface area contributed by atoms with Crippen LogP contribution in [0.5, 0.6) is 0 Å². The van der Waals surface area contributed by atoms with Gasteiger partial charge in [0.2, 0.25) is 0 Å². The molecule has 0 unspecified atom stereocenters. The fourth-order valence-electron chi connectivity index (χ4n) is 2.30. The molecule has 1 aliphatic rings. The van der Waals surface area contributed by atoms with Crippen LogP contribution >= 0.6 is 0 Å². The van der Waals surface area contributed by atoms with Crippen molar-refractivity contribution in [3.63, 3.8) is 0 Å². The van der Waals surface area contributed by atoms with Crippen LogP contribution in [0.2, 0.25) is 0 Å². The van der Waals surface area contributed by atoms with E-state index in [2.05, 4.69) is 25.7 Å². The van der Waals surface area contributed by atoms with E-state index < -0.39 is 0 Å². The summed E-state index contributed by atoms with van der Waals surface area (Å²) in [5.74, 6) is 2.13. The average Bonchev–Trinajstić information content (AvgIpc) is 2.65. The van der Waals surface area contributed by atoms with Crippen LogP contribution in [0.15, 0.2) is 0 Å².